The summed E-state index contributed by atoms with van der Waals surface area (Å²) in [5.74, 6) is 0.0311. The molecule has 1 atom stereocenters. The standard InChI is InChI=1S/C16H24N2O/c1-16(2)10-4-3-5-14(16)18-15(19)13-8-6-12(11-17)7-9-13/h6-9,14H,3-5,10-11,17H2,1-2H3,(H,18,19). The predicted molar refractivity (Wildman–Crippen MR) is 77.8 cm³/mol. The quantitative estimate of drug-likeness (QED) is 0.878. The van der Waals surface area contributed by atoms with E-state index in [1.54, 1.807) is 0 Å². The van der Waals surface area contributed by atoms with Crippen LogP contribution in [0.3, 0.4) is 0 Å². The van der Waals surface area contributed by atoms with Crippen LogP contribution in [0.15, 0.2) is 24.3 Å². The monoisotopic (exact) mass is 260 g/mol. The van der Waals surface area contributed by atoms with Crippen LogP contribution in [0.4, 0.5) is 0 Å². The highest BCUT2D eigenvalue weighted by Gasteiger charge is 2.33. The lowest BCUT2D eigenvalue weighted by molar-refractivity contribution is 0.0853. The Hall–Kier alpha value is -1.35. The molecule has 0 saturated heterocycles. The van der Waals surface area contributed by atoms with Gasteiger partial charge in [0.1, 0.15) is 0 Å². The van der Waals surface area contributed by atoms with Gasteiger partial charge >= 0.3 is 0 Å². The van der Waals surface area contributed by atoms with E-state index in [2.05, 4.69) is 19.2 Å². The van der Waals surface area contributed by atoms with Crippen LogP contribution in [-0.2, 0) is 6.54 Å². The summed E-state index contributed by atoms with van der Waals surface area (Å²) in [5.41, 5.74) is 7.53. The number of nitrogens with two attached hydrogens (primary N) is 1. The topological polar surface area (TPSA) is 55.1 Å². The molecular formula is C16H24N2O. The number of benzene rings is 1. The minimum atomic E-state index is 0.0311. The van der Waals surface area contributed by atoms with Crippen LogP contribution in [0.5, 0.6) is 0 Å². The van der Waals surface area contributed by atoms with E-state index in [4.69, 9.17) is 5.73 Å². The van der Waals surface area contributed by atoms with Gasteiger partial charge in [0.05, 0.1) is 0 Å². The van der Waals surface area contributed by atoms with Gasteiger partial charge in [-0.2, -0.15) is 0 Å². The summed E-state index contributed by atoms with van der Waals surface area (Å²) in [6.45, 7) is 5.00. The van der Waals surface area contributed by atoms with Gasteiger partial charge in [-0.25, -0.2) is 0 Å². The molecule has 19 heavy (non-hydrogen) atoms. The van der Waals surface area contributed by atoms with E-state index >= 15 is 0 Å². The van der Waals surface area contributed by atoms with E-state index in [1.807, 2.05) is 24.3 Å². The summed E-state index contributed by atoms with van der Waals surface area (Å²) >= 11 is 0. The van der Waals surface area contributed by atoms with Crippen molar-refractivity contribution in [1.82, 2.24) is 5.32 Å². The Morgan fingerprint density at radius 2 is 2.00 bits per heavy atom. The molecule has 0 radical (unpaired) electrons. The molecule has 0 aliphatic heterocycles. The Bertz CT molecular complexity index is 437. The lowest BCUT2D eigenvalue weighted by atomic mass is 9.73. The lowest BCUT2D eigenvalue weighted by Crippen LogP contribution is -2.46. The fraction of sp³-hybridized carbons (Fsp3) is 0.562. The zero-order valence-corrected chi connectivity index (χ0v) is 11.9. The third-order valence-electron chi connectivity index (χ3n) is 4.26. The Balaban J connectivity index is 2.03. The first kappa shape index (κ1) is 14.1. The van der Waals surface area contributed by atoms with E-state index in [0.717, 1.165) is 17.5 Å². The maximum absolute atomic E-state index is 12.3. The molecule has 1 aliphatic rings. The molecule has 1 aromatic rings. The molecule has 0 spiro atoms. The molecule has 2 rings (SSSR count). The first-order chi connectivity index (χ1) is 9.03. The molecule has 0 heterocycles. The first-order valence-electron chi connectivity index (χ1n) is 7.13. The number of carbonyl (C=O) groups is 1. The van der Waals surface area contributed by atoms with Crippen molar-refractivity contribution in [1.29, 1.82) is 0 Å². The van der Waals surface area contributed by atoms with Crippen LogP contribution in [0, 0.1) is 5.41 Å². The highest BCUT2D eigenvalue weighted by molar-refractivity contribution is 5.94. The minimum Gasteiger partial charge on any atom is -0.349 e. The van der Waals surface area contributed by atoms with Gasteiger partial charge in [0.15, 0.2) is 0 Å². The molecule has 3 N–H and O–H groups in total. The molecule has 0 bridgehead atoms. The van der Waals surface area contributed by atoms with E-state index < -0.39 is 0 Å². The molecule has 1 aromatic carbocycles. The average molecular weight is 260 g/mol. The van der Waals surface area contributed by atoms with Crippen molar-refractivity contribution in [2.45, 2.75) is 52.1 Å². The van der Waals surface area contributed by atoms with Crippen LogP contribution in [0.25, 0.3) is 0 Å². The van der Waals surface area contributed by atoms with E-state index in [-0.39, 0.29) is 17.4 Å². The van der Waals surface area contributed by atoms with Crippen LogP contribution in [0.1, 0.15) is 55.5 Å². The molecule has 3 nitrogen and oxygen atoms in total. The van der Waals surface area contributed by atoms with Crippen molar-refractivity contribution in [3.05, 3.63) is 35.4 Å². The van der Waals surface area contributed by atoms with Gasteiger partial charge < -0.3 is 11.1 Å². The third-order valence-corrected chi connectivity index (χ3v) is 4.26. The van der Waals surface area contributed by atoms with Crippen LogP contribution in [0.2, 0.25) is 0 Å². The number of nitrogens with one attached hydrogen (secondary N) is 1. The SMILES string of the molecule is CC1(C)CCCCC1NC(=O)c1ccc(CN)cc1. The molecule has 3 heteroatoms. The molecule has 1 saturated carbocycles. The molecular weight excluding hydrogens is 236 g/mol. The van der Waals surface area contributed by atoms with Crippen molar-refractivity contribution in [3.8, 4) is 0 Å². The minimum absolute atomic E-state index is 0.0311. The summed E-state index contributed by atoms with van der Waals surface area (Å²) < 4.78 is 0. The van der Waals surface area contributed by atoms with E-state index in [9.17, 15) is 4.79 Å². The third kappa shape index (κ3) is 3.35. The van der Waals surface area contributed by atoms with Gasteiger partial charge in [-0.15, -0.1) is 0 Å². The van der Waals surface area contributed by atoms with Gasteiger partial charge in [0.2, 0.25) is 0 Å². The van der Waals surface area contributed by atoms with E-state index in [1.165, 1.54) is 19.3 Å². The lowest BCUT2D eigenvalue weighted by Gasteiger charge is -2.39. The predicted octanol–water partition coefficient (Wildman–Crippen LogP) is 2.84. The maximum Gasteiger partial charge on any atom is 0.251 e. The van der Waals surface area contributed by atoms with Gasteiger partial charge in [-0.05, 0) is 36.0 Å². The Labute approximate surface area is 115 Å². The first-order valence-corrected chi connectivity index (χ1v) is 7.13. The summed E-state index contributed by atoms with van der Waals surface area (Å²) in [4.78, 5) is 12.3. The second-order valence-electron chi connectivity index (χ2n) is 6.16. The van der Waals surface area contributed by atoms with Gasteiger partial charge in [-0.1, -0.05) is 38.8 Å². The molecule has 1 aliphatic carbocycles. The summed E-state index contributed by atoms with van der Waals surface area (Å²) in [6, 6.07) is 7.82. The fourth-order valence-corrected chi connectivity index (χ4v) is 2.80. The Kier molecular flexibility index (Phi) is 4.25. The van der Waals surface area contributed by atoms with Crippen molar-refractivity contribution >= 4 is 5.91 Å². The maximum atomic E-state index is 12.3. The van der Waals surface area contributed by atoms with Crippen molar-refractivity contribution in [2.75, 3.05) is 0 Å². The summed E-state index contributed by atoms with van der Waals surface area (Å²) in [7, 11) is 0. The molecule has 0 aromatic heterocycles. The second kappa shape index (κ2) is 5.74. The Morgan fingerprint density at radius 3 is 2.58 bits per heavy atom. The smallest absolute Gasteiger partial charge is 0.251 e. The zero-order chi connectivity index (χ0) is 13.9. The van der Waals surface area contributed by atoms with Crippen LogP contribution < -0.4 is 11.1 Å². The van der Waals surface area contributed by atoms with Crippen molar-refractivity contribution in [2.24, 2.45) is 11.1 Å². The van der Waals surface area contributed by atoms with Crippen LogP contribution in [-0.4, -0.2) is 11.9 Å². The number of rotatable bonds is 3. The number of hydrogen-bond donors (Lipinski definition) is 2. The molecule has 1 unspecified atom stereocenters. The van der Waals surface area contributed by atoms with Crippen molar-refractivity contribution < 1.29 is 4.79 Å². The Morgan fingerprint density at radius 1 is 1.32 bits per heavy atom. The number of hydrogen-bond acceptors (Lipinski definition) is 2. The molecule has 104 valence electrons. The summed E-state index contributed by atoms with van der Waals surface area (Å²) in [5, 5.41) is 3.19. The largest absolute Gasteiger partial charge is 0.349 e. The van der Waals surface area contributed by atoms with Gasteiger partial charge in [-0.3, -0.25) is 4.79 Å². The fourth-order valence-electron chi connectivity index (χ4n) is 2.80. The van der Waals surface area contributed by atoms with Gasteiger partial charge in [0.25, 0.3) is 5.91 Å². The average Bonchev–Trinajstić information content (AvgIpc) is 2.41. The molecule has 1 amide bonds. The summed E-state index contributed by atoms with van der Waals surface area (Å²) in [6.07, 6.45) is 4.74. The number of amides is 1. The number of carbonyl (C=O) groups excluding carboxylic acids is 1. The van der Waals surface area contributed by atoms with Gasteiger partial charge in [0, 0.05) is 18.2 Å². The molecule has 1 fully saturated rings. The zero-order valence-electron chi connectivity index (χ0n) is 11.9. The second-order valence-corrected chi connectivity index (χ2v) is 6.16. The normalized spacial score (nSPS) is 21.9. The van der Waals surface area contributed by atoms with Crippen molar-refractivity contribution in [3.63, 3.8) is 0 Å². The van der Waals surface area contributed by atoms with E-state index in [0.29, 0.717) is 6.54 Å². The highest BCUT2D eigenvalue weighted by Crippen LogP contribution is 2.35. The van der Waals surface area contributed by atoms with Crippen LogP contribution >= 0.6 is 0 Å². The highest BCUT2D eigenvalue weighted by atomic mass is 16.1.